The van der Waals surface area contributed by atoms with Crippen molar-refractivity contribution in [3.05, 3.63) is 54.7 Å². The average molecular weight is 268 g/mol. The Hall–Kier alpha value is -2.07. The highest BCUT2D eigenvalue weighted by atomic mass is 15.1. The van der Waals surface area contributed by atoms with Crippen LogP contribution in [0.2, 0.25) is 0 Å². The largest absolute Gasteiger partial charge is 0.346 e. The van der Waals surface area contributed by atoms with E-state index in [1.807, 2.05) is 18.7 Å². The zero-order valence-electron chi connectivity index (χ0n) is 12.0. The second kappa shape index (κ2) is 5.51. The normalized spacial score (nSPS) is 11.6. The van der Waals surface area contributed by atoms with Crippen molar-refractivity contribution < 1.29 is 0 Å². The third-order valence-corrected chi connectivity index (χ3v) is 3.57. The third kappa shape index (κ3) is 2.60. The molecule has 2 heterocycles. The van der Waals surface area contributed by atoms with E-state index in [0.29, 0.717) is 0 Å². The van der Waals surface area contributed by atoms with Gasteiger partial charge in [-0.25, -0.2) is 4.98 Å². The molecule has 4 heteroatoms. The highest BCUT2D eigenvalue weighted by molar-refractivity contribution is 5.84. The van der Waals surface area contributed by atoms with Gasteiger partial charge in [0.1, 0.15) is 0 Å². The van der Waals surface area contributed by atoms with Crippen LogP contribution in [-0.4, -0.2) is 39.7 Å². The number of likely N-dealkylation sites (N-methyl/N-ethyl adjacent to an activating group) is 1. The molecule has 0 saturated heterocycles. The molecule has 3 rings (SSSR count). The average Bonchev–Trinajstić information content (AvgIpc) is 3.06. The zero-order valence-corrected chi connectivity index (χ0v) is 12.0. The molecule has 0 bridgehead atoms. The number of hydrogen-bond donors (Lipinski definition) is 0. The van der Waals surface area contributed by atoms with Gasteiger partial charge in [0.25, 0.3) is 0 Å². The molecule has 0 aliphatic carbocycles. The standard InChI is InChI=1S/C16H20N4/c1-18(2)9-10-20-12-14(11-19-8-7-17-13-19)15-5-3-4-6-16(15)20/h3-8,12-13H,9-11H2,1-2H3. The lowest BCUT2D eigenvalue weighted by molar-refractivity contribution is 0.387. The van der Waals surface area contributed by atoms with Crippen LogP contribution in [0.1, 0.15) is 5.56 Å². The molecule has 0 unspecified atom stereocenters. The van der Waals surface area contributed by atoms with E-state index >= 15 is 0 Å². The fourth-order valence-corrected chi connectivity index (χ4v) is 2.52. The quantitative estimate of drug-likeness (QED) is 0.710. The number of fused-ring (bicyclic) bond motifs is 1. The van der Waals surface area contributed by atoms with E-state index in [1.54, 1.807) is 0 Å². The van der Waals surface area contributed by atoms with Gasteiger partial charge in [-0.2, -0.15) is 0 Å². The molecule has 0 aliphatic rings. The van der Waals surface area contributed by atoms with E-state index in [1.165, 1.54) is 16.5 Å². The van der Waals surface area contributed by atoms with Gasteiger partial charge >= 0.3 is 0 Å². The number of nitrogens with zero attached hydrogens (tertiary/aromatic N) is 4. The molecule has 0 radical (unpaired) electrons. The summed E-state index contributed by atoms with van der Waals surface area (Å²) >= 11 is 0. The molecule has 0 atom stereocenters. The topological polar surface area (TPSA) is 26.0 Å². The summed E-state index contributed by atoms with van der Waals surface area (Å²) in [6.45, 7) is 2.93. The Balaban J connectivity index is 1.95. The molecule has 3 aromatic rings. The van der Waals surface area contributed by atoms with Gasteiger partial charge in [-0.3, -0.25) is 0 Å². The lowest BCUT2D eigenvalue weighted by Gasteiger charge is -2.10. The van der Waals surface area contributed by atoms with Crippen LogP contribution in [0, 0.1) is 0 Å². The summed E-state index contributed by atoms with van der Waals surface area (Å²) in [4.78, 5) is 6.33. The minimum Gasteiger partial charge on any atom is -0.346 e. The number of para-hydroxylation sites is 1. The van der Waals surface area contributed by atoms with Gasteiger partial charge in [-0.15, -0.1) is 0 Å². The Morgan fingerprint density at radius 1 is 1.20 bits per heavy atom. The summed E-state index contributed by atoms with van der Waals surface area (Å²) in [5.41, 5.74) is 2.65. The van der Waals surface area contributed by atoms with Crippen molar-refractivity contribution in [1.29, 1.82) is 0 Å². The van der Waals surface area contributed by atoms with Crippen LogP contribution >= 0.6 is 0 Å². The summed E-state index contributed by atoms with van der Waals surface area (Å²) in [6, 6.07) is 8.61. The molecule has 0 fully saturated rings. The number of benzene rings is 1. The molecule has 4 nitrogen and oxygen atoms in total. The molecule has 0 N–H and O–H groups in total. The summed E-state index contributed by atoms with van der Waals surface area (Å²) < 4.78 is 4.46. The molecule has 0 amide bonds. The summed E-state index contributed by atoms with van der Waals surface area (Å²) in [5, 5.41) is 1.33. The number of rotatable bonds is 5. The van der Waals surface area contributed by atoms with Crippen LogP contribution in [0.3, 0.4) is 0 Å². The van der Waals surface area contributed by atoms with Crippen LogP contribution in [0.4, 0.5) is 0 Å². The summed E-state index contributed by atoms with van der Waals surface area (Å²) in [5.74, 6) is 0. The molecule has 20 heavy (non-hydrogen) atoms. The van der Waals surface area contributed by atoms with Crippen molar-refractivity contribution in [3.8, 4) is 0 Å². The van der Waals surface area contributed by atoms with E-state index in [-0.39, 0.29) is 0 Å². The van der Waals surface area contributed by atoms with Gasteiger partial charge in [0.15, 0.2) is 0 Å². The van der Waals surface area contributed by atoms with Crippen molar-refractivity contribution >= 4 is 10.9 Å². The Bertz CT molecular complexity index is 680. The predicted molar refractivity (Wildman–Crippen MR) is 81.8 cm³/mol. The maximum absolute atomic E-state index is 4.11. The minimum absolute atomic E-state index is 0.871. The first-order chi connectivity index (χ1) is 9.74. The number of imidazole rings is 1. The van der Waals surface area contributed by atoms with Gasteiger partial charge < -0.3 is 14.0 Å². The maximum atomic E-state index is 4.11. The van der Waals surface area contributed by atoms with Crippen LogP contribution in [0.5, 0.6) is 0 Å². The Morgan fingerprint density at radius 3 is 2.80 bits per heavy atom. The fourth-order valence-electron chi connectivity index (χ4n) is 2.52. The van der Waals surface area contributed by atoms with E-state index in [4.69, 9.17) is 0 Å². The van der Waals surface area contributed by atoms with Crippen molar-refractivity contribution in [1.82, 2.24) is 19.0 Å². The molecular weight excluding hydrogens is 248 g/mol. The van der Waals surface area contributed by atoms with Crippen molar-refractivity contribution in [2.45, 2.75) is 13.1 Å². The van der Waals surface area contributed by atoms with Gasteiger partial charge in [-0.05, 0) is 25.7 Å². The Labute approximate surface area is 119 Å². The van der Waals surface area contributed by atoms with E-state index in [9.17, 15) is 0 Å². The molecule has 1 aromatic carbocycles. The molecule has 104 valence electrons. The SMILES string of the molecule is CN(C)CCn1cc(Cn2ccnc2)c2ccccc21. The van der Waals surface area contributed by atoms with Crippen LogP contribution in [-0.2, 0) is 13.1 Å². The van der Waals surface area contributed by atoms with Crippen molar-refractivity contribution in [2.75, 3.05) is 20.6 Å². The van der Waals surface area contributed by atoms with Crippen LogP contribution in [0.15, 0.2) is 49.2 Å². The highest BCUT2D eigenvalue weighted by Crippen LogP contribution is 2.22. The minimum atomic E-state index is 0.871. The maximum Gasteiger partial charge on any atom is 0.0949 e. The third-order valence-electron chi connectivity index (χ3n) is 3.57. The summed E-state index contributed by atoms with van der Waals surface area (Å²) in [6.07, 6.45) is 7.97. The van der Waals surface area contributed by atoms with Gasteiger partial charge in [0.05, 0.1) is 12.9 Å². The van der Waals surface area contributed by atoms with Crippen LogP contribution in [0.25, 0.3) is 10.9 Å². The fraction of sp³-hybridized carbons (Fsp3) is 0.312. The van der Waals surface area contributed by atoms with Crippen molar-refractivity contribution in [2.24, 2.45) is 0 Å². The lowest BCUT2D eigenvalue weighted by atomic mass is 10.2. The van der Waals surface area contributed by atoms with Gasteiger partial charge in [0.2, 0.25) is 0 Å². The van der Waals surface area contributed by atoms with E-state index in [2.05, 4.69) is 63.6 Å². The molecule has 2 aromatic heterocycles. The molecule has 0 saturated carbocycles. The summed E-state index contributed by atoms with van der Waals surface area (Å²) in [7, 11) is 4.22. The monoisotopic (exact) mass is 268 g/mol. The van der Waals surface area contributed by atoms with Gasteiger partial charge in [-0.1, -0.05) is 18.2 Å². The smallest absolute Gasteiger partial charge is 0.0949 e. The molecule has 0 aliphatic heterocycles. The second-order valence-corrected chi connectivity index (χ2v) is 5.40. The van der Waals surface area contributed by atoms with Crippen LogP contribution < -0.4 is 0 Å². The van der Waals surface area contributed by atoms with Crippen molar-refractivity contribution in [3.63, 3.8) is 0 Å². The predicted octanol–water partition coefficient (Wildman–Crippen LogP) is 2.45. The second-order valence-electron chi connectivity index (χ2n) is 5.40. The van der Waals surface area contributed by atoms with E-state index in [0.717, 1.165) is 19.6 Å². The number of hydrogen-bond acceptors (Lipinski definition) is 2. The van der Waals surface area contributed by atoms with Gasteiger partial charge in [0, 0.05) is 42.6 Å². The lowest BCUT2D eigenvalue weighted by Crippen LogP contribution is -2.17. The van der Waals surface area contributed by atoms with E-state index < -0.39 is 0 Å². The molecule has 0 spiro atoms. The number of aromatic nitrogens is 3. The Morgan fingerprint density at radius 2 is 2.05 bits per heavy atom. The first kappa shape index (κ1) is 12.9. The first-order valence-corrected chi connectivity index (χ1v) is 6.91. The first-order valence-electron chi connectivity index (χ1n) is 6.91. The highest BCUT2D eigenvalue weighted by Gasteiger charge is 2.08. The zero-order chi connectivity index (χ0) is 13.9. The molecular formula is C16H20N4. The Kier molecular flexibility index (Phi) is 3.56.